The molecule has 0 fully saturated rings. The van der Waals surface area contributed by atoms with Crippen molar-refractivity contribution in [2.45, 2.75) is 13.0 Å². The van der Waals surface area contributed by atoms with E-state index in [1.807, 2.05) is 49.4 Å². The molecule has 3 aromatic rings. The van der Waals surface area contributed by atoms with E-state index in [2.05, 4.69) is 5.32 Å². The molecule has 0 unspecified atom stereocenters. The van der Waals surface area contributed by atoms with Crippen LogP contribution < -0.4 is 5.32 Å². The summed E-state index contributed by atoms with van der Waals surface area (Å²) in [6.07, 6.45) is 0. The van der Waals surface area contributed by atoms with Crippen molar-refractivity contribution in [2.75, 3.05) is 0 Å². The van der Waals surface area contributed by atoms with E-state index in [0.717, 1.165) is 16.3 Å². The standard InChI is InChI=1S/C19H16N2O3/c1-13(17-8-4-6-14-5-2-3-7-18(14)17)20-19(22)15-9-11-16(12-10-15)21(23)24/h2-13H,1H3,(H,20,22)/t13-/m1/s1. The second-order valence-electron chi connectivity index (χ2n) is 5.57. The smallest absolute Gasteiger partial charge is 0.269 e. The maximum absolute atomic E-state index is 12.4. The van der Waals surface area contributed by atoms with E-state index >= 15 is 0 Å². The van der Waals surface area contributed by atoms with Gasteiger partial charge in [-0.2, -0.15) is 0 Å². The van der Waals surface area contributed by atoms with Crippen molar-refractivity contribution in [2.24, 2.45) is 0 Å². The first-order chi connectivity index (χ1) is 11.6. The fourth-order valence-corrected chi connectivity index (χ4v) is 2.72. The fraction of sp³-hybridized carbons (Fsp3) is 0.105. The maximum atomic E-state index is 12.4. The summed E-state index contributed by atoms with van der Waals surface area (Å²) >= 11 is 0. The zero-order valence-corrected chi connectivity index (χ0v) is 13.1. The molecular formula is C19H16N2O3. The Morgan fingerprint density at radius 1 is 1.00 bits per heavy atom. The van der Waals surface area contributed by atoms with Gasteiger partial charge in [0.15, 0.2) is 0 Å². The van der Waals surface area contributed by atoms with Gasteiger partial charge in [-0.15, -0.1) is 0 Å². The van der Waals surface area contributed by atoms with Gasteiger partial charge in [0.05, 0.1) is 11.0 Å². The number of rotatable bonds is 4. The summed E-state index contributed by atoms with van der Waals surface area (Å²) in [6, 6.07) is 19.4. The van der Waals surface area contributed by atoms with Gasteiger partial charge in [-0.1, -0.05) is 42.5 Å². The van der Waals surface area contributed by atoms with Crippen LogP contribution in [0.15, 0.2) is 66.7 Å². The molecule has 120 valence electrons. The minimum absolute atomic E-state index is 0.0337. The second-order valence-corrected chi connectivity index (χ2v) is 5.57. The summed E-state index contributed by atoms with van der Waals surface area (Å²) in [6.45, 7) is 1.92. The van der Waals surface area contributed by atoms with E-state index < -0.39 is 4.92 Å². The van der Waals surface area contributed by atoms with Crippen molar-refractivity contribution in [1.29, 1.82) is 0 Å². The van der Waals surface area contributed by atoms with Gasteiger partial charge in [0, 0.05) is 17.7 Å². The van der Waals surface area contributed by atoms with Gasteiger partial charge in [-0.05, 0) is 35.4 Å². The number of nitro benzene ring substituents is 1. The molecule has 5 nitrogen and oxygen atoms in total. The minimum Gasteiger partial charge on any atom is -0.345 e. The first-order valence-corrected chi connectivity index (χ1v) is 7.59. The fourth-order valence-electron chi connectivity index (χ4n) is 2.72. The zero-order valence-electron chi connectivity index (χ0n) is 13.1. The Kier molecular flexibility index (Phi) is 4.24. The third kappa shape index (κ3) is 3.10. The summed E-state index contributed by atoms with van der Waals surface area (Å²) in [5.74, 6) is -0.259. The molecule has 0 aromatic heterocycles. The number of benzene rings is 3. The van der Waals surface area contributed by atoms with Crippen LogP contribution in [0.4, 0.5) is 5.69 Å². The summed E-state index contributed by atoms with van der Waals surface area (Å²) in [5.41, 5.74) is 1.39. The average Bonchev–Trinajstić information content (AvgIpc) is 2.61. The first-order valence-electron chi connectivity index (χ1n) is 7.59. The Morgan fingerprint density at radius 3 is 2.38 bits per heavy atom. The van der Waals surface area contributed by atoms with Crippen LogP contribution in [0.1, 0.15) is 28.9 Å². The molecule has 3 aromatic carbocycles. The lowest BCUT2D eigenvalue weighted by Crippen LogP contribution is -2.26. The molecule has 24 heavy (non-hydrogen) atoms. The van der Waals surface area contributed by atoms with Gasteiger partial charge in [0.25, 0.3) is 11.6 Å². The predicted octanol–water partition coefficient (Wildman–Crippen LogP) is 4.24. The Balaban J connectivity index is 1.82. The largest absolute Gasteiger partial charge is 0.345 e. The van der Waals surface area contributed by atoms with Gasteiger partial charge in [-0.25, -0.2) is 0 Å². The van der Waals surface area contributed by atoms with E-state index in [1.165, 1.54) is 24.3 Å². The van der Waals surface area contributed by atoms with Gasteiger partial charge in [0.2, 0.25) is 0 Å². The third-order valence-corrected chi connectivity index (χ3v) is 3.98. The summed E-state index contributed by atoms with van der Waals surface area (Å²) in [7, 11) is 0. The average molecular weight is 320 g/mol. The van der Waals surface area contributed by atoms with Crippen molar-refractivity contribution >= 4 is 22.4 Å². The molecule has 1 amide bonds. The van der Waals surface area contributed by atoms with Gasteiger partial charge < -0.3 is 5.32 Å². The summed E-state index contributed by atoms with van der Waals surface area (Å²) in [5, 5.41) is 15.8. The van der Waals surface area contributed by atoms with Crippen molar-refractivity contribution < 1.29 is 9.72 Å². The van der Waals surface area contributed by atoms with E-state index in [0.29, 0.717) is 5.56 Å². The highest BCUT2D eigenvalue weighted by Crippen LogP contribution is 2.24. The Labute approximate surface area is 139 Å². The number of nitrogens with zero attached hydrogens (tertiary/aromatic N) is 1. The Morgan fingerprint density at radius 2 is 1.67 bits per heavy atom. The van der Waals surface area contributed by atoms with Crippen molar-refractivity contribution in [3.63, 3.8) is 0 Å². The van der Waals surface area contributed by atoms with Crippen molar-refractivity contribution in [3.8, 4) is 0 Å². The SMILES string of the molecule is C[C@@H](NC(=O)c1ccc([N+](=O)[O-])cc1)c1cccc2ccccc12. The predicted molar refractivity (Wildman–Crippen MR) is 92.9 cm³/mol. The van der Waals surface area contributed by atoms with Crippen LogP contribution in [-0.2, 0) is 0 Å². The molecule has 0 radical (unpaired) electrons. The number of hydrogen-bond acceptors (Lipinski definition) is 3. The number of carbonyl (C=O) groups is 1. The molecule has 0 aliphatic rings. The number of hydrogen-bond donors (Lipinski definition) is 1. The molecule has 0 saturated carbocycles. The Bertz CT molecular complexity index is 899. The molecule has 0 aliphatic carbocycles. The molecule has 0 saturated heterocycles. The highest BCUT2D eigenvalue weighted by Gasteiger charge is 2.14. The molecule has 3 rings (SSSR count). The van der Waals surface area contributed by atoms with Crippen LogP contribution >= 0.6 is 0 Å². The topological polar surface area (TPSA) is 72.2 Å². The molecule has 5 heteroatoms. The molecule has 0 heterocycles. The molecule has 0 aliphatic heterocycles. The molecule has 1 N–H and O–H groups in total. The molecular weight excluding hydrogens is 304 g/mol. The van der Waals surface area contributed by atoms with Crippen LogP contribution in [0.3, 0.4) is 0 Å². The molecule has 0 spiro atoms. The highest BCUT2D eigenvalue weighted by molar-refractivity contribution is 5.95. The van der Waals surface area contributed by atoms with Crippen LogP contribution in [0.25, 0.3) is 10.8 Å². The lowest BCUT2D eigenvalue weighted by atomic mass is 9.99. The zero-order chi connectivity index (χ0) is 17.1. The van der Waals surface area contributed by atoms with Crippen LogP contribution in [0.5, 0.6) is 0 Å². The molecule has 0 bridgehead atoms. The van der Waals surface area contributed by atoms with Gasteiger partial charge in [-0.3, -0.25) is 14.9 Å². The first kappa shape index (κ1) is 15.7. The van der Waals surface area contributed by atoms with E-state index in [9.17, 15) is 14.9 Å². The maximum Gasteiger partial charge on any atom is 0.269 e. The number of fused-ring (bicyclic) bond motifs is 1. The number of non-ortho nitro benzene ring substituents is 1. The lowest BCUT2D eigenvalue weighted by Gasteiger charge is -2.16. The Hall–Kier alpha value is -3.21. The van der Waals surface area contributed by atoms with Crippen LogP contribution in [-0.4, -0.2) is 10.8 Å². The second kappa shape index (κ2) is 6.50. The van der Waals surface area contributed by atoms with Crippen LogP contribution in [0, 0.1) is 10.1 Å². The summed E-state index contributed by atoms with van der Waals surface area (Å²) < 4.78 is 0. The van der Waals surface area contributed by atoms with Gasteiger partial charge >= 0.3 is 0 Å². The summed E-state index contributed by atoms with van der Waals surface area (Å²) in [4.78, 5) is 22.6. The van der Waals surface area contributed by atoms with E-state index in [4.69, 9.17) is 0 Å². The van der Waals surface area contributed by atoms with Crippen molar-refractivity contribution in [1.82, 2.24) is 5.32 Å². The number of nitro groups is 1. The minimum atomic E-state index is -0.486. The van der Waals surface area contributed by atoms with E-state index in [1.54, 1.807) is 0 Å². The van der Waals surface area contributed by atoms with Crippen molar-refractivity contribution in [3.05, 3.63) is 88.0 Å². The van der Waals surface area contributed by atoms with Crippen LogP contribution in [0.2, 0.25) is 0 Å². The number of carbonyl (C=O) groups excluding carboxylic acids is 1. The molecule has 1 atom stereocenters. The lowest BCUT2D eigenvalue weighted by molar-refractivity contribution is -0.384. The normalized spacial score (nSPS) is 11.9. The highest BCUT2D eigenvalue weighted by atomic mass is 16.6. The number of nitrogens with one attached hydrogen (secondary N) is 1. The monoisotopic (exact) mass is 320 g/mol. The quantitative estimate of drug-likeness (QED) is 0.577. The van der Waals surface area contributed by atoms with Gasteiger partial charge in [0.1, 0.15) is 0 Å². The third-order valence-electron chi connectivity index (χ3n) is 3.98. The number of amides is 1. The van der Waals surface area contributed by atoms with E-state index in [-0.39, 0.29) is 17.6 Å².